The van der Waals surface area contributed by atoms with E-state index in [9.17, 15) is 4.79 Å². The summed E-state index contributed by atoms with van der Waals surface area (Å²) in [4.78, 5) is 14.9. The van der Waals surface area contributed by atoms with Gasteiger partial charge in [0.2, 0.25) is 6.79 Å². The van der Waals surface area contributed by atoms with Crippen LogP contribution < -0.4 is 24.4 Å². The number of piperidine rings is 1. The number of hydrogen-bond donors (Lipinski definition) is 1. The first-order chi connectivity index (χ1) is 12.8. The van der Waals surface area contributed by atoms with Crippen LogP contribution in [0.1, 0.15) is 23.2 Å². The third-order valence-electron chi connectivity index (χ3n) is 4.90. The van der Waals surface area contributed by atoms with Crippen LogP contribution in [0.15, 0.2) is 42.5 Å². The average Bonchev–Trinajstić information content (AvgIpc) is 3.17. The number of nitrogens with one attached hydrogen (secondary N) is 1. The SMILES string of the molecule is COc1ccccc1N1CCC(NC(=O)c2cccc3c2OCO3)CC1. The van der Waals surface area contributed by atoms with E-state index in [2.05, 4.69) is 16.3 Å². The van der Waals surface area contributed by atoms with Crippen LogP contribution in [0.4, 0.5) is 5.69 Å². The van der Waals surface area contributed by atoms with E-state index in [1.807, 2.05) is 30.3 Å². The topological polar surface area (TPSA) is 60.0 Å². The summed E-state index contributed by atoms with van der Waals surface area (Å²) < 4.78 is 16.2. The molecule has 0 spiro atoms. The second-order valence-electron chi connectivity index (χ2n) is 6.45. The number of hydrogen-bond acceptors (Lipinski definition) is 5. The van der Waals surface area contributed by atoms with E-state index in [1.54, 1.807) is 13.2 Å². The van der Waals surface area contributed by atoms with Crippen LogP contribution in [-0.2, 0) is 0 Å². The van der Waals surface area contributed by atoms with Crippen molar-refractivity contribution >= 4 is 11.6 Å². The van der Waals surface area contributed by atoms with Gasteiger partial charge in [-0.3, -0.25) is 4.79 Å². The lowest BCUT2D eigenvalue weighted by molar-refractivity contribution is 0.0926. The molecular formula is C20H22N2O4. The Labute approximate surface area is 152 Å². The van der Waals surface area contributed by atoms with Crippen LogP contribution in [0.2, 0.25) is 0 Å². The molecule has 26 heavy (non-hydrogen) atoms. The molecule has 4 rings (SSSR count). The van der Waals surface area contributed by atoms with E-state index >= 15 is 0 Å². The number of anilines is 1. The molecular weight excluding hydrogens is 332 g/mol. The van der Waals surface area contributed by atoms with Gasteiger partial charge in [0.25, 0.3) is 5.91 Å². The second kappa shape index (κ2) is 7.15. The molecule has 2 aromatic carbocycles. The molecule has 0 aliphatic carbocycles. The molecule has 2 aromatic rings. The smallest absolute Gasteiger partial charge is 0.255 e. The van der Waals surface area contributed by atoms with E-state index in [4.69, 9.17) is 14.2 Å². The molecule has 0 bridgehead atoms. The van der Waals surface area contributed by atoms with Crippen molar-refractivity contribution in [1.29, 1.82) is 0 Å². The predicted molar refractivity (Wildman–Crippen MR) is 98.3 cm³/mol. The summed E-state index contributed by atoms with van der Waals surface area (Å²) in [5.74, 6) is 1.94. The Morgan fingerprint density at radius 3 is 2.73 bits per heavy atom. The van der Waals surface area contributed by atoms with Crippen LogP contribution in [0.3, 0.4) is 0 Å². The van der Waals surface area contributed by atoms with Crippen LogP contribution in [-0.4, -0.2) is 38.9 Å². The fourth-order valence-electron chi connectivity index (χ4n) is 3.53. The van der Waals surface area contributed by atoms with E-state index in [-0.39, 0.29) is 18.7 Å². The van der Waals surface area contributed by atoms with Crippen LogP contribution in [0.5, 0.6) is 17.2 Å². The zero-order valence-electron chi connectivity index (χ0n) is 14.7. The maximum absolute atomic E-state index is 12.6. The molecule has 2 heterocycles. The first-order valence-electron chi connectivity index (χ1n) is 8.83. The van der Waals surface area contributed by atoms with Gasteiger partial charge in [-0.25, -0.2) is 0 Å². The normalized spacial score (nSPS) is 16.4. The Morgan fingerprint density at radius 2 is 1.92 bits per heavy atom. The highest BCUT2D eigenvalue weighted by Crippen LogP contribution is 2.35. The summed E-state index contributed by atoms with van der Waals surface area (Å²) >= 11 is 0. The van der Waals surface area contributed by atoms with E-state index in [0.29, 0.717) is 17.1 Å². The first kappa shape index (κ1) is 16.6. The number of benzene rings is 2. The molecule has 0 unspecified atom stereocenters. The molecule has 1 N–H and O–H groups in total. The summed E-state index contributed by atoms with van der Waals surface area (Å²) in [5.41, 5.74) is 1.64. The highest BCUT2D eigenvalue weighted by atomic mass is 16.7. The fraction of sp³-hybridized carbons (Fsp3) is 0.350. The third-order valence-corrected chi connectivity index (χ3v) is 4.90. The van der Waals surface area contributed by atoms with Crippen molar-refractivity contribution < 1.29 is 19.0 Å². The lowest BCUT2D eigenvalue weighted by atomic mass is 10.0. The highest BCUT2D eigenvalue weighted by Gasteiger charge is 2.26. The van der Waals surface area contributed by atoms with Gasteiger partial charge in [-0.1, -0.05) is 18.2 Å². The molecule has 2 aliphatic heterocycles. The highest BCUT2D eigenvalue weighted by molar-refractivity contribution is 5.98. The van der Waals surface area contributed by atoms with Crippen LogP contribution in [0.25, 0.3) is 0 Å². The monoisotopic (exact) mass is 354 g/mol. The number of amides is 1. The van der Waals surface area contributed by atoms with E-state index in [1.165, 1.54) is 0 Å². The number of fused-ring (bicyclic) bond motifs is 1. The Balaban J connectivity index is 1.38. The van der Waals surface area contributed by atoms with Gasteiger partial charge < -0.3 is 24.4 Å². The lowest BCUT2D eigenvalue weighted by Crippen LogP contribution is -2.44. The summed E-state index contributed by atoms with van der Waals surface area (Å²) in [6, 6.07) is 13.6. The molecule has 0 radical (unpaired) electrons. The molecule has 2 aliphatic rings. The van der Waals surface area contributed by atoms with Gasteiger partial charge in [0.05, 0.1) is 18.4 Å². The van der Waals surface area contributed by atoms with E-state index < -0.39 is 0 Å². The Hall–Kier alpha value is -2.89. The van der Waals surface area contributed by atoms with E-state index in [0.717, 1.165) is 37.4 Å². The van der Waals surface area contributed by atoms with Crippen molar-refractivity contribution in [3.8, 4) is 17.2 Å². The molecule has 0 saturated carbocycles. The minimum Gasteiger partial charge on any atom is -0.495 e. The van der Waals surface area contributed by atoms with Gasteiger partial charge in [-0.2, -0.15) is 0 Å². The molecule has 1 amide bonds. The summed E-state index contributed by atoms with van der Waals surface area (Å²) in [5, 5.41) is 3.13. The van der Waals surface area contributed by atoms with Gasteiger partial charge >= 0.3 is 0 Å². The molecule has 1 fully saturated rings. The molecule has 136 valence electrons. The maximum atomic E-state index is 12.6. The summed E-state index contributed by atoms with van der Waals surface area (Å²) in [6.45, 7) is 1.91. The lowest BCUT2D eigenvalue weighted by Gasteiger charge is -2.34. The van der Waals surface area contributed by atoms with Gasteiger partial charge in [0, 0.05) is 19.1 Å². The molecule has 0 atom stereocenters. The van der Waals surface area contributed by atoms with Crippen molar-refractivity contribution in [1.82, 2.24) is 5.32 Å². The Kier molecular flexibility index (Phi) is 4.56. The quantitative estimate of drug-likeness (QED) is 0.915. The third kappa shape index (κ3) is 3.14. The number of nitrogens with zero attached hydrogens (tertiary/aromatic N) is 1. The Morgan fingerprint density at radius 1 is 1.12 bits per heavy atom. The van der Waals surface area contributed by atoms with Crippen molar-refractivity contribution in [2.24, 2.45) is 0 Å². The van der Waals surface area contributed by atoms with Crippen molar-refractivity contribution in [2.75, 3.05) is 31.9 Å². The minimum absolute atomic E-state index is 0.108. The first-order valence-corrected chi connectivity index (χ1v) is 8.83. The van der Waals surface area contributed by atoms with Gasteiger partial charge in [0.1, 0.15) is 5.75 Å². The number of ether oxygens (including phenoxy) is 3. The van der Waals surface area contributed by atoms with Crippen LogP contribution >= 0.6 is 0 Å². The van der Waals surface area contributed by atoms with Crippen LogP contribution in [0, 0.1) is 0 Å². The Bertz CT molecular complexity index is 800. The number of para-hydroxylation sites is 3. The fourth-order valence-corrected chi connectivity index (χ4v) is 3.53. The standard InChI is InChI=1S/C20H22N2O4/c1-24-17-7-3-2-6-16(17)22-11-9-14(10-12-22)21-20(23)15-5-4-8-18-19(15)26-13-25-18/h2-8,14H,9-13H2,1H3,(H,21,23). The number of methoxy groups -OCH3 is 1. The second-order valence-corrected chi connectivity index (χ2v) is 6.45. The number of rotatable bonds is 4. The minimum atomic E-state index is -0.108. The van der Waals surface area contributed by atoms with Crippen molar-refractivity contribution in [3.63, 3.8) is 0 Å². The maximum Gasteiger partial charge on any atom is 0.255 e. The van der Waals surface area contributed by atoms with Gasteiger partial charge in [0.15, 0.2) is 11.5 Å². The average molecular weight is 354 g/mol. The van der Waals surface area contributed by atoms with Crippen molar-refractivity contribution in [3.05, 3.63) is 48.0 Å². The number of carbonyl (C=O) groups is 1. The zero-order chi connectivity index (χ0) is 17.9. The largest absolute Gasteiger partial charge is 0.495 e. The predicted octanol–water partition coefficient (Wildman–Crippen LogP) is 2.82. The van der Waals surface area contributed by atoms with Gasteiger partial charge in [-0.05, 0) is 37.1 Å². The molecule has 0 aromatic heterocycles. The molecule has 1 saturated heterocycles. The number of carbonyl (C=O) groups excluding carboxylic acids is 1. The van der Waals surface area contributed by atoms with Crippen molar-refractivity contribution in [2.45, 2.75) is 18.9 Å². The van der Waals surface area contributed by atoms with Gasteiger partial charge in [-0.15, -0.1) is 0 Å². The zero-order valence-corrected chi connectivity index (χ0v) is 14.7. The molecule has 6 heteroatoms. The summed E-state index contributed by atoms with van der Waals surface area (Å²) in [7, 11) is 1.69. The molecule has 6 nitrogen and oxygen atoms in total. The summed E-state index contributed by atoms with van der Waals surface area (Å²) in [6.07, 6.45) is 1.77.